The highest BCUT2D eigenvalue weighted by molar-refractivity contribution is 6.15. The Morgan fingerprint density at radius 1 is 1.00 bits per heavy atom. The molecule has 3 aromatic rings. The molecule has 144 valence electrons. The summed E-state index contributed by atoms with van der Waals surface area (Å²) in [5.41, 5.74) is 1.23. The molecule has 1 heterocycles. The van der Waals surface area contributed by atoms with Crippen molar-refractivity contribution in [2.75, 3.05) is 6.54 Å². The van der Waals surface area contributed by atoms with E-state index >= 15 is 0 Å². The van der Waals surface area contributed by atoms with Crippen LogP contribution < -0.4 is 10.6 Å². The number of amides is 2. The van der Waals surface area contributed by atoms with E-state index < -0.39 is 0 Å². The van der Waals surface area contributed by atoms with Crippen molar-refractivity contribution in [2.24, 2.45) is 0 Å². The van der Waals surface area contributed by atoms with Crippen LogP contribution in [0.4, 0.5) is 0 Å². The number of pyridine rings is 1. The molecule has 2 amide bonds. The van der Waals surface area contributed by atoms with Gasteiger partial charge in [0.25, 0.3) is 5.91 Å². The summed E-state index contributed by atoms with van der Waals surface area (Å²) >= 11 is 0. The molecule has 1 fully saturated rings. The lowest BCUT2D eigenvalue weighted by atomic mass is 9.95. The first-order valence-electron chi connectivity index (χ1n) is 10.1. The first-order valence-corrected chi connectivity index (χ1v) is 10.1. The molecule has 1 aliphatic carbocycles. The van der Waals surface area contributed by atoms with Crippen molar-refractivity contribution >= 4 is 33.5 Å². The van der Waals surface area contributed by atoms with Gasteiger partial charge in [0.15, 0.2) is 0 Å². The van der Waals surface area contributed by atoms with Crippen LogP contribution in [-0.2, 0) is 4.79 Å². The van der Waals surface area contributed by atoms with E-state index in [2.05, 4.69) is 15.6 Å². The zero-order valence-corrected chi connectivity index (χ0v) is 15.9. The minimum Gasteiger partial charge on any atom is -0.353 e. The summed E-state index contributed by atoms with van der Waals surface area (Å²) in [6.07, 6.45) is 7.75. The minimum atomic E-state index is -0.195. The molecule has 2 N–H and O–H groups in total. The number of hydrogen-bond acceptors (Lipinski definition) is 3. The van der Waals surface area contributed by atoms with Crippen molar-refractivity contribution < 1.29 is 9.59 Å². The highest BCUT2D eigenvalue weighted by Crippen LogP contribution is 2.27. The maximum absolute atomic E-state index is 12.8. The van der Waals surface area contributed by atoms with Gasteiger partial charge in [-0.2, -0.15) is 0 Å². The molecule has 0 bridgehead atoms. The summed E-state index contributed by atoms with van der Waals surface area (Å²) in [6, 6.07) is 14.0. The van der Waals surface area contributed by atoms with E-state index in [1.54, 1.807) is 6.20 Å². The average molecular weight is 375 g/mol. The molecule has 0 saturated heterocycles. The summed E-state index contributed by atoms with van der Waals surface area (Å²) in [5, 5.41) is 9.01. The van der Waals surface area contributed by atoms with Crippen LogP contribution >= 0.6 is 0 Å². The van der Waals surface area contributed by atoms with Gasteiger partial charge in [-0.1, -0.05) is 49.6 Å². The van der Waals surface area contributed by atoms with Gasteiger partial charge in [0.1, 0.15) is 0 Å². The second-order valence-corrected chi connectivity index (χ2v) is 7.45. The van der Waals surface area contributed by atoms with Crippen molar-refractivity contribution in [2.45, 2.75) is 44.6 Å². The Morgan fingerprint density at radius 3 is 2.64 bits per heavy atom. The molecule has 0 atom stereocenters. The van der Waals surface area contributed by atoms with Crippen LogP contribution in [0.3, 0.4) is 0 Å². The molecule has 0 spiro atoms. The fraction of sp³-hybridized carbons (Fsp3) is 0.348. The van der Waals surface area contributed by atoms with Crippen LogP contribution in [0.15, 0.2) is 48.7 Å². The third kappa shape index (κ3) is 3.98. The molecule has 28 heavy (non-hydrogen) atoms. The molecule has 1 saturated carbocycles. The zero-order chi connectivity index (χ0) is 19.3. The molecule has 0 aliphatic heterocycles. The molecule has 1 aromatic heterocycles. The van der Waals surface area contributed by atoms with Crippen molar-refractivity contribution in [3.05, 3.63) is 54.2 Å². The quantitative estimate of drug-likeness (QED) is 0.663. The van der Waals surface area contributed by atoms with Crippen LogP contribution in [0.25, 0.3) is 21.7 Å². The third-order valence-corrected chi connectivity index (χ3v) is 5.47. The number of nitrogens with one attached hydrogen (secondary N) is 2. The average Bonchev–Trinajstić information content (AvgIpc) is 2.74. The highest BCUT2D eigenvalue weighted by atomic mass is 16.2. The summed E-state index contributed by atoms with van der Waals surface area (Å²) in [7, 11) is 0. The monoisotopic (exact) mass is 375 g/mol. The molecule has 0 radical (unpaired) electrons. The van der Waals surface area contributed by atoms with Gasteiger partial charge in [0.2, 0.25) is 5.91 Å². The molecular formula is C23H25N3O2. The first kappa shape index (κ1) is 18.4. The maximum Gasteiger partial charge on any atom is 0.253 e. The molecule has 0 unspecified atom stereocenters. The molecule has 5 nitrogen and oxygen atoms in total. The maximum atomic E-state index is 12.8. The summed E-state index contributed by atoms with van der Waals surface area (Å²) in [6.45, 7) is 0.318. The van der Waals surface area contributed by atoms with Gasteiger partial charge in [-0.05, 0) is 35.7 Å². The fourth-order valence-corrected chi connectivity index (χ4v) is 4.03. The number of benzene rings is 2. The number of rotatable bonds is 5. The lowest BCUT2D eigenvalue weighted by Gasteiger charge is -2.22. The summed E-state index contributed by atoms with van der Waals surface area (Å²) in [4.78, 5) is 29.4. The number of carbonyl (C=O) groups excluding carboxylic acids is 2. The zero-order valence-electron chi connectivity index (χ0n) is 15.9. The molecule has 4 rings (SSSR count). The Labute approximate surface area is 164 Å². The van der Waals surface area contributed by atoms with E-state index in [4.69, 9.17) is 0 Å². The SMILES string of the molecule is O=C(CCNC(=O)c1cc2ccccc2c2cccnc12)NC1CCCCC1. The fourth-order valence-electron chi connectivity index (χ4n) is 4.03. The van der Waals surface area contributed by atoms with Crippen molar-refractivity contribution in [3.63, 3.8) is 0 Å². The predicted molar refractivity (Wildman–Crippen MR) is 111 cm³/mol. The van der Waals surface area contributed by atoms with Crippen LogP contribution in [0, 0.1) is 0 Å². The van der Waals surface area contributed by atoms with Crippen LogP contribution in [0.5, 0.6) is 0 Å². The van der Waals surface area contributed by atoms with Gasteiger partial charge in [0.05, 0.1) is 11.1 Å². The summed E-state index contributed by atoms with van der Waals surface area (Å²) < 4.78 is 0. The Hall–Kier alpha value is -2.95. The normalized spacial score (nSPS) is 14.9. The van der Waals surface area contributed by atoms with Gasteiger partial charge in [0, 0.05) is 30.6 Å². The van der Waals surface area contributed by atoms with E-state index in [9.17, 15) is 9.59 Å². The first-order chi connectivity index (χ1) is 13.7. The Bertz CT molecular complexity index is 1010. The molecule has 5 heteroatoms. The van der Waals surface area contributed by atoms with E-state index in [1.807, 2.05) is 42.5 Å². The standard InChI is InChI=1S/C23H25N3O2/c27-21(26-17-8-2-1-3-9-17)12-14-25-23(28)20-15-16-7-4-5-10-18(16)19-11-6-13-24-22(19)20/h4-7,10-11,13,15,17H,1-3,8-9,12,14H2,(H,25,28)(H,26,27). The number of hydrogen-bond donors (Lipinski definition) is 2. The molecular weight excluding hydrogens is 350 g/mol. The van der Waals surface area contributed by atoms with Gasteiger partial charge >= 0.3 is 0 Å². The minimum absolute atomic E-state index is 0.00805. The van der Waals surface area contributed by atoms with Crippen molar-refractivity contribution in [1.29, 1.82) is 0 Å². The van der Waals surface area contributed by atoms with Crippen LogP contribution in [0.2, 0.25) is 0 Å². The lowest BCUT2D eigenvalue weighted by Crippen LogP contribution is -2.38. The van der Waals surface area contributed by atoms with Crippen LogP contribution in [-0.4, -0.2) is 29.4 Å². The van der Waals surface area contributed by atoms with E-state index in [-0.39, 0.29) is 11.8 Å². The van der Waals surface area contributed by atoms with Gasteiger partial charge < -0.3 is 10.6 Å². The summed E-state index contributed by atoms with van der Waals surface area (Å²) in [5.74, 6) is -0.186. The largest absolute Gasteiger partial charge is 0.353 e. The number of aromatic nitrogens is 1. The molecule has 1 aliphatic rings. The Kier molecular flexibility index (Phi) is 5.51. The van der Waals surface area contributed by atoms with Crippen molar-refractivity contribution in [1.82, 2.24) is 15.6 Å². The predicted octanol–water partition coefficient (Wildman–Crippen LogP) is 3.96. The van der Waals surface area contributed by atoms with E-state index in [0.717, 1.165) is 29.0 Å². The highest BCUT2D eigenvalue weighted by Gasteiger charge is 2.17. The van der Waals surface area contributed by atoms with Crippen LogP contribution in [0.1, 0.15) is 48.9 Å². The van der Waals surface area contributed by atoms with Gasteiger partial charge in [-0.25, -0.2) is 0 Å². The van der Waals surface area contributed by atoms with Crippen molar-refractivity contribution in [3.8, 4) is 0 Å². The number of fused-ring (bicyclic) bond motifs is 3. The smallest absolute Gasteiger partial charge is 0.253 e. The second kappa shape index (κ2) is 8.38. The van der Waals surface area contributed by atoms with Gasteiger partial charge in [-0.3, -0.25) is 14.6 Å². The third-order valence-electron chi connectivity index (χ3n) is 5.47. The van der Waals surface area contributed by atoms with Gasteiger partial charge in [-0.15, -0.1) is 0 Å². The lowest BCUT2D eigenvalue weighted by molar-refractivity contribution is -0.121. The molecule has 2 aromatic carbocycles. The van der Waals surface area contributed by atoms with E-state index in [0.29, 0.717) is 30.1 Å². The van der Waals surface area contributed by atoms with E-state index in [1.165, 1.54) is 19.3 Å². The topological polar surface area (TPSA) is 71.1 Å². The Morgan fingerprint density at radius 2 is 1.79 bits per heavy atom. The second-order valence-electron chi connectivity index (χ2n) is 7.45. The Balaban J connectivity index is 1.44. The number of carbonyl (C=O) groups is 2. The number of nitrogens with zero attached hydrogens (tertiary/aromatic N) is 1.